The van der Waals surface area contributed by atoms with Crippen LogP contribution in [-0.2, 0) is 9.53 Å². The SMILES string of the molecule is CCOC(=O)C(NCC1CC1)c1ccccc1F. The van der Waals surface area contributed by atoms with Crippen molar-refractivity contribution in [2.75, 3.05) is 13.2 Å². The van der Waals surface area contributed by atoms with E-state index in [9.17, 15) is 9.18 Å². The van der Waals surface area contributed by atoms with E-state index in [1.807, 2.05) is 0 Å². The van der Waals surface area contributed by atoms with Gasteiger partial charge in [0.05, 0.1) is 6.61 Å². The molecule has 1 aromatic carbocycles. The molecule has 1 atom stereocenters. The van der Waals surface area contributed by atoms with Gasteiger partial charge in [0, 0.05) is 5.56 Å². The summed E-state index contributed by atoms with van der Waals surface area (Å²) >= 11 is 0. The Morgan fingerprint density at radius 3 is 2.83 bits per heavy atom. The molecule has 3 nitrogen and oxygen atoms in total. The summed E-state index contributed by atoms with van der Waals surface area (Å²) in [5, 5.41) is 3.11. The second-order valence-electron chi connectivity index (χ2n) is 4.56. The summed E-state index contributed by atoms with van der Waals surface area (Å²) in [6, 6.07) is 5.62. The number of benzene rings is 1. The summed E-state index contributed by atoms with van der Waals surface area (Å²) in [6.07, 6.45) is 2.36. The van der Waals surface area contributed by atoms with Crippen molar-refractivity contribution in [2.24, 2.45) is 5.92 Å². The first-order chi connectivity index (χ1) is 8.72. The van der Waals surface area contributed by atoms with E-state index >= 15 is 0 Å². The van der Waals surface area contributed by atoms with Crippen molar-refractivity contribution < 1.29 is 13.9 Å². The van der Waals surface area contributed by atoms with Gasteiger partial charge in [0.25, 0.3) is 0 Å². The first-order valence-corrected chi connectivity index (χ1v) is 6.36. The third kappa shape index (κ3) is 3.29. The van der Waals surface area contributed by atoms with Crippen LogP contribution >= 0.6 is 0 Å². The van der Waals surface area contributed by atoms with Crippen molar-refractivity contribution in [1.29, 1.82) is 0 Å². The van der Waals surface area contributed by atoms with Gasteiger partial charge in [0.2, 0.25) is 0 Å². The van der Waals surface area contributed by atoms with Crippen LogP contribution in [0.1, 0.15) is 31.4 Å². The highest BCUT2D eigenvalue weighted by Crippen LogP contribution is 2.29. The molecule has 0 spiro atoms. The Kier molecular flexibility index (Phi) is 4.31. The molecule has 0 saturated heterocycles. The molecule has 0 aliphatic heterocycles. The highest BCUT2D eigenvalue weighted by atomic mass is 19.1. The molecule has 1 aromatic rings. The maximum absolute atomic E-state index is 13.7. The van der Waals surface area contributed by atoms with Crippen molar-refractivity contribution >= 4 is 5.97 Å². The molecule has 1 aliphatic carbocycles. The predicted molar refractivity (Wildman–Crippen MR) is 66.5 cm³/mol. The van der Waals surface area contributed by atoms with Gasteiger partial charge in [-0.2, -0.15) is 0 Å². The minimum atomic E-state index is -0.702. The smallest absolute Gasteiger partial charge is 0.327 e. The minimum absolute atomic E-state index is 0.300. The highest BCUT2D eigenvalue weighted by molar-refractivity contribution is 5.77. The molecule has 4 heteroatoms. The third-order valence-corrected chi connectivity index (χ3v) is 3.05. The first-order valence-electron chi connectivity index (χ1n) is 6.36. The lowest BCUT2D eigenvalue weighted by molar-refractivity contribution is -0.146. The molecule has 0 radical (unpaired) electrons. The number of rotatable bonds is 6. The summed E-state index contributed by atoms with van der Waals surface area (Å²) in [5.41, 5.74) is 0.358. The zero-order valence-corrected chi connectivity index (χ0v) is 10.5. The van der Waals surface area contributed by atoms with Crippen LogP contribution in [0, 0.1) is 11.7 Å². The van der Waals surface area contributed by atoms with Crippen LogP contribution in [0.3, 0.4) is 0 Å². The van der Waals surface area contributed by atoms with Crippen LogP contribution in [0.2, 0.25) is 0 Å². The van der Waals surface area contributed by atoms with E-state index < -0.39 is 12.0 Å². The van der Waals surface area contributed by atoms with E-state index in [2.05, 4.69) is 5.32 Å². The number of ether oxygens (including phenoxy) is 1. The summed E-state index contributed by atoms with van der Waals surface area (Å²) < 4.78 is 18.7. The number of esters is 1. The Morgan fingerprint density at radius 1 is 1.50 bits per heavy atom. The van der Waals surface area contributed by atoms with E-state index in [1.165, 1.54) is 18.9 Å². The van der Waals surface area contributed by atoms with Gasteiger partial charge >= 0.3 is 5.97 Å². The largest absolute Gasteiger partial charge is 0.465 e. The average molecular weight is 251 g/mol. The Hall–Kier alpha value is -1.42. The fourth-order valence-electron chi connectivity index (χ4n) is 1.86. The van der Waals surface area contributed by atoms with E-state index in [0.29, 0.717) is 18.1 Å². The molecule has 0 aromatic heterocycles. The molecule has 1 N–H and O–H groups in total. The minimum Gasteiger partial charge on any atom is -0.465 e. The number of carbonyl (C=O) groups is 1. The van der Waals surface area contributed by atoms with Gasteiger partial charge in [-0.25, -0.2) is 9.18 Å². The predicted octanol–water partition coefficient (Wildman–Crippen LogP) is 2.43. The molecular formula is C14H18FNO2. The fourth-order valence-corrected chi connectivity index (χ4v) is 1.86. The standard InChI is InChI=1S/C14H18FNO2/c1-2-18-14(17)13(16-9-10-7-8-10)11-5-3-4-6-12(11)15/h3-6,10,13,16H,2,7-9H2,1H3. The number of hydrogen-bond acceptors (Lipinski definition) is 3. The van der Waals surface area contributed by atoms with Crippen LogP contribution in [0.5, 0.6) is 0 Å². The summed E-state index contributed by atoms with van der Waals surface area (Å²) in [5.74, 6) is -0.171. The molecule has 2 rings (SSSR count). The topological polar surface area (TPSA) is 38.3 Å². The summed E-state index contributed by atoms with van der Waals surface area (Å²) in [6.45, 7) is 2.78. The average Bonchev–Trinajstić information content (AvgIpc) is 3.16. The van der Waals surface area contributed by atoms with Crippen LogP contribution in [0.4, 0.5) is 4.39 Å². The number of nitrogens with one attached hydrogen (secondary N) is 1. The molecule has 1 saturated carbocycles. The van der Waals surface area contributed by atoms with Gasteiger partial charge in [0.1, 0.15) is 11.9 Å². The van der Waals surface area contributed by atoms with Gasteiger partial charge in [-0.05, 0) is 38.3 Å². The molecule has 0 bridgehead atoms. The van der Waals surface area contributed by atoms with Gasteiger partial charge in [-0.15, -0.1) is 0 Å². The lowest BCUT2D eigenvalue weighted by Gasteiger charge is -2.18. The van der Waals surface area contributed by atoms with Crippen LogP contribution in [0.15, 0.2) is 24.3 Å². The van der Waals surface area contributed by atoms with Crippen LogP contribution in [0.25, 0.3) is 0 Å². The summed E-state index contributed by atoms with van der Waals surface area (Å²) in [7, 11) is 0. The lowest BCUT2D eigenvalue weighted by Crippen LogP contribution is -2.32. The highest BCUT2D eigenvalue weighted by Gasteiger charge is 2.28. The fraction of sp³-hybridized carbons (Fsp3) is 0.500. The number of hydrogen-bond donors (Lipinski definition) is 1. The monoisotopic (exact) mass is 251 g/mol. The molecule has 1 aliphatic rings. The van der Waals surface area contributed by atoms with Gasteiger partial charge in [-0.1, -0.05) is 18.2 Å². The molecule has 1 unspecified atom stereocenters. The van der Waals surface area contributed by atoms with Gasteiger partial charge in [-0.3, -0.25) is 0 Å². The molecular weight excluding hydrogens is 233 g/mol. The maximum Gasteiger partial charge on any atom is 0.327 e. The van der Waals surface area contributed by atoms with Crippen molar-refractivity contribution in [1.82, 2.24) is 5.32 Å². The second-order valence-corrected chi connectivity index (χ2v) is 4.56. The quantitative estimate of drug-likeness (QED) is 0.789. The normalized spacial score (nSPS) is 16.3. The second kappa shape index (κ2) is 5.96. The number of carbonyl (C=O) groups excluding carboxylic acids is 1. The molecule has 0 heterocycles. The van der Waals surface area contributed by atoms with E-state index in [-0.39, 0.29) is 5.82 Å². The van der Waals surface area contributed by atoms with Gasteiger partial charge < -0.3 is 10.1 Å². The number of halogens is 1. The Bertz CT molecular complexity index is 418. The first kappa shape index (κ1) is 13.0. The van der Waals surface area contributed by atoms with Crippen molar-refractivity contribution in [2.45, 2.75) is 25.8 Å². The molecule has 1 fully saturated rings. The molecule has 18 heavy (non-hydrogen) atoms. The third-order valence-electron chi connectivity index (χ3n) is 3.05. The Morgan fingerprint density at radius 2 is 2.22 bits per heavy atom. The van der Waals surface area contributed by atoms with Crippen molar-refractivity contribution in [3.05, 3.63) is 35.6 Å². The zero-order valence-electron chi connectivity index (χ0n) is 10.5. The van der Waals surface area contributed by atoms with Gasteiger partial charge in [0.15, 0.2) is 0 Å². The Labute approximate surface area is 106 Å². The Balaban J connectivity index is 2.11. The van der Waals surface area contributed by atoms with E-state index in [0.717, 1.165) is 6.54 Å². The van der Waals surface area contributed by atoms with E-state index in [4.69, 9.17) is 4.74 Å². The molecule has 0 amide bonds. The van der Waals surface area contributed by atoms with Crippen LogP contribution in [-0.4, -0.2) is 19.1 Å². The zero-order chi connectivity index (χ0) is 13.0. The van der Waals surface area contributed by atoms with Crippen molar-refractivity contribution in [3.63, 3.8) is 0 Å². The van der Waals surface area contributed by atoms with Crippen LogP contribution < -0.4 is 5.32 Å². The lowest BCUT2D eigenvalue weighted by atomic mass is 10.1. The van der Waals surface area contributed by atoms with Crippen molar-refractivity contribution in [3.8, 4) is 0 Å². The maximum atomic E-state index is 13.7. The summed E-state index contributed by atoms with van der Waals surface area (Å²) in [4.78, 5) is 11.9. The molecule has 98 valence electrons. The van der Waals surface area contributed by atoms with E-state index in [1.54, 1.807) is 25.1 Å².